The van der Waals surface area contributed by atoms with Crippen LogP contribution in [-0.2, 0) is 19.1 Å². The molecule has 0 radical (unpaired) electrons. The molecule has 1 N–H and O–H groups in total. The molecule has 0 aliphatic heterocycles. The lowest BCUT2D eigenvalue weighted by atomic mass is 9.48. The first kappa shape index (κ1) is 25.6. The first-order valence-electron chi connectivity index (χ1n) is 12.2. The third kappa shape index (κ3) is 4.20. The lowest BCUT2D eigenvalue weighted by Gasteiger charge is -2.56. The summed E-state index contributed by atoms with van der Waals surface area (Å²) in [4.78, 5) is 13.1. The first-order valence-corrected chi connectivity index (χ1v) is 13.6. The number of amides is 1. The van der Waals surface area contributed by atoms with E-state index < -0.39 is 15.6 Å². The fourth-order valence-electron chi connectivity index (χ4n) is 7.44. The first-order chi connectivity index (χ1) is 15.5. The van der Waals surface area contributed by atoms with E-state index in [4.69, 9.17) is 0 Å². The van der Waals surface area contributed by atoms with Crippen LogP contribution in [0.5, 0.6) is 0 Å². The van der Waals surface area contributed by atoms with Crippen LogP contribution in [0.3, 0.4) is 0 Å². The van der Waals surface area contributed by atoms with Crippen molar-refractivity contribution in [3.8, 4) is 0 Å². The second-order valence-electron chi connectivity index (χ2n) is 12.2. The molecule has 0 aromatic rings. The van der Waals surface area contributed by atoms with E-state index in [2.05, 4.69) is 29.4 Å². The Morgan fingerprint density at radius 3 is 2.38 bits per heavy atom. The van der Waals surface area contributed by atoms with Crippen LogP contribution in [0.25, 0.3) is 0 Å². The van der Waals surface area contributed by atoms with Crippen LogP contribution in [0.4, 0.5) is 13.2 Å². The van der Waals surface area contributed by atoms with Gasteiger partial charge in [0.2, 0.25) is 5.91 Å². The number of carbonyl (C=O) groups is 1. The van der Waals surface area contributed by atoms with Crippen LogP contribution in [-0.4, -0.2) is 25.4 Å². The molecule has 0 spiro atoms. The van der Waals surface area contributed by atoms with Gasteiger partial charge in [0.1, 0.15) is 5.76 Å². The minimum Gasteiger partial charge on any atom is -0.381 e. The number of nitrogens with one attached hydrogen (secondary N) is 1. The van der Waals surface area contributed by atoms with Gasteiger partial charge < -0.3 is 9.50 Å². The zero-order valence-corrected chi connectivity index (χ0v) is 21.4. The van der Waals surface area contributed by atoms with Crippen molar-refractivity contribution >= 4 is 16.0 Å². The van der Waals surface area contributed by atoms with Gasteiger partial charge in [-0.25, -0.2) is 0 Å². The molecule has 1 amide bonds. The van der Waals surface area contributed by atoms with Gasteiger partial charge in [-0.3, -0.25) is 4.79 Å². The summed E-state index contributed by atoms with van der Waals surface area (Å²) in [6.45, 7) is 10.4. The van der Waals surface area contributed by atoms with Gasteiger partial charge in [0.25, 0.3) is 0 Å². The van der Waals surface area contributed by atoms with Crippen molar-refractivity contribution < 1.29 is 30.6 Å². The Morgan fingerprint density at radius 2 is 1.76 bits per heavy atom. The minimum absolute atomic E-state index is 0.00492. The van der Waals surface area contributed by atoms with Gasteiger partial charge in [-0.15, -0.1) is 0 Å². The standard InChI is InChI=1S/C25H36F3NO4S/c1-22(2,3)29-21(30)20-9-8-18-17-7-6-15-14-16(33-34(31,32)25(26,27)28)10-12-23(15,4)19(17)11-13-24(18,20)5/h6,14,17-20H,7-13H2,1-5H3,(H,29,30)/t17-,18-,19-,20+,23-,24-/m0/s1. The van der Waals surface area contributed by atoms with E-state index in [0.717, 1.165) is 37.7 Å². The number of hydrogen-bond donors (Lipinski definition) is 1. The van der Waals surface area contributed by atoms with Gasteiger partial charge in [-0.1, -0.05) is 19.9 Å². The molecule has 9 heteroatoms. The van der Waals surface area contributed by atoms with E-state index in [9.17, 15) is 26.4 Å². The Kier molecular flexibility index (Phi) is 6.02. The third-order valence-electron chi connectivity index (χ3n) is 9.05. The monoisotopic (exact) mass is 503 g/mol. The fourth-order valence-corrected chi connectivity index (χ4v) is 7.95. The minimum atomic E-state index is -5.66. The highest BCUT2D eigenvalue weighted by molar-refractivity contribution is 7.87. The number of carbonyl (C=O) groups excluding carboxylic acids is 1. The third-order valence-corrected chi connectivity index (χ3v) is 10.0. The van der Waals surface area contributed by atoms with Crippen molar-refractivity contribution in [2.75, 3.05) is 0 Å². The number of halogens is 3. The number of hydrogen-bond acceptors (Lipinski definition) is 4. The molecule has 0 bridgehead atoms. The molecule has 4 rings (SSSR count). The van der Waals surface area contributed by atoms with E-state index in [0.29, 0.717) is 24.2 Å². The zero-order chi connectivity index (χ0) is 25.3. The number of alkyl halides is 3. The normalized spacial score (nSPS) is 38.1. The fraction of sp³-hybridized carbons (Fsp3) is 0.800. The van der Waals surface area contributed by atoms with Crippen LogP contribution in [0.1, 0.15) is 79.6 Å². The second kappa shape index (κ2) is 8.00. The summed E-state index contributed by atoms with van der Waals surface area (Å²) in [7, 11) is -5.66. The molecule has 6 atom stereocenters. The van der Waals surface area contributed by atoms with Crippen molar-refractivity contribution in [1.29, 1.82) is 0 Å². The Balaban J connectivity index is 1.57. The van der Waals surface area contributed by atoms with Crippen molar-refractivity contribution in [2.24, 2.45) is 34.5 Å². The van der Waals surface area contributed by atoms with E-state index in [1.807, 2.05) is 20.8 Å². The summed E-state index contributed by atoms with van der Waals surface area (Å²) < 4.78 is 65.7. The Morgan fingerprint density at radius 1 is 1.09 bits per heavy atom. The predicted octanol–water partition coefficient (Wildman–Crippen LogP) is 5.84. The topological polar surface area (TPSA) is 72.5 Å². The lowest BCUT2D eigenvalue weighted by Crippen LogP contribution is -2.52. The van der Waals surface area contributed by atoms with Crippen molar-refractivity contribution in [3.63, 3.8) is 0 Å². The Labute approximate surface area is 200 Å². The van der Waals surface area contributed by atoms with Crippen LogP contribution in [0.2, 0.25) is 0 Å². The van der Waals surface area contributed by atoms with Crippen LogP contribution in [0, 0.1) is 34.5 Å². The summed E-state index contributed by atoms with van der Waals surface area (Å²) >= 11 is 0. The van der Waals surface area contributed by atoms with Gasteiger partial charge in [0.05, 0.1) is 0 Å². The van der Waals surface area contributed by atoms with Crippen molar-refractivity contribution in [2.45, 2.75) is 90.6 Å². The summed E-state index contributed by atoms with van der Waals surface area (Å²) in [5.41, 5.74) is -5.11. The molecule has 0 heterocycles. The van der Waals surface area contributed by atoms with Crippen LogP contribution < -0.4 is 5.32 Å². The Hall–Kier alpha value is -1.51. The molecule has 2 saturated carbocycles. The van der Waals surface area contributed by atoms with Crippen molar-refractivity contribution in [1.82, 2.24) is 5.32 Å². The van der Waals surface area contributed by atoms with Crippen LogP contribution >= 0.6 is 0 Å². The van der Waals surface area contributed by atoms with Gasteiger partial charge in [0, 0.05) is 17.9 Å². The summed E-state index contributed by atoms with van der Waals surface area (Å²) in [5, 5.41) is 3.18. The van der Waals surface area contributed by atoms with E-state index in [1.54, 1.807) is 0 Å². The molecule has 34 heavy (non-hydrogen) atoms. The quantitative estimate of drug-likeness (QED) is 0.388. The summed E-state index contributed by atoms with van der Waals surface area (Å²) in [6, 6.07) is 0. The number of fused-ring (bicyclic) bond motifs is 5. The van der Waals surface area contributed by atoms with Gasteiger partial charge in [-0.2, -0.15) is 21.6 Å². The molecule has 2 fully saturated rings. The highest BCUT2D eigenvalue weighted by Gasteiger charge is 2.60. The summed E-state index contributed by atoms with van der Waals surface area (Å²) in [5.74, 6) is 1.18. The number of allylic oxidation sites excluding steroid dienone is 4. The molecular weight excluding hydrogens is 467 g/mol. The van der Waals surface area contributed by atoms with Gasteiger partial charge in [0.15, 0.2) is 0 Å². The smallest absolute Gasteiger partial charge is 0.381 e. The van der Waals surface area contributed by atoms with Gasteiger partial charge in [-0.05, 0) is 99.5 Å². The average Bonchev–Trinajstić information content (AvgIpc) is 3.03. The molecule has 4 aliphatic rings. The maximum atomic E-state index is 13.1. The lowest BCUT2D eigenvalue weighted by molar-refractivity contribution is -0.133. The number of rotatable bonds is 3. The maximum Gasteiger partial charge on any atom is 0.534 e. The average molecular weight is 504 g/mol. The van der Waals surface area contributed by atoms with Crippen LogP contribution in [0.15, 0.2) is 23.5 Å². The van der Waals surface area contributed by atoms with Gasteiger partial charge >= 0.3 is 15.6 Å². The predicted molar refractivity (Wildman–Crippen MR) is 123 cm³/mol. The molecule has 0 unspecified atom stereocenters. The largest absolute Gasteiger partial charge is 0.534 e. The maximum absolute atomic E-state index is 13.1. The zero-order valence-electron chi connectivity index (χ0n) is 20.6. The SMILES string of the molecule is CC(C)(C)NC(=O)[C@H]1CC[C@H]2[C@@H]3CC=C4C=C(OS(=O)(=O)C(F)(F)F)CC[C@]4(C)[C@H]3CC[C@]12C. The van der Waals surface area contributed by atoms with E-state index >= 15 is 0 Å². The molecular formula is C25H36F3NO4S. The van der Waals surface area contributed by atoms with E-state index in [-0.39, 0.29) is 40.4 Å². The summed E-state index contributed by atoms with van der Waals surface area (Å²) in [6.07, 6.45) is 8.87. The van der Waals surface area contributed by atoms with E-state index in [1.165, 1.54) is 6.08 Å². The highest BCUT2D eigenvalue weighted by Crippen LogP contribution is 2.66. The molecule has 5 nitrogen and oxygen atoms in total. The Bertz CT molecular complexity index is 1030. The molecule has 0 aromatic heterocycles. The highest BCUT2D eigenvalue weighted by atomic mass is 32.2. The molecule has 192 valence electrons. The molecule has 0 saturated heterocycles. The molecule has 0 aromatic carbocycles. The second-order valence-corrected chi connectivity index (χ2v) is 13.7. The van der Waals surface area contributed by atoms with Crippen molar-refractivity contribution in [3.05, 3.63) is 23.5 Å². The molecule has 4 aliphatic carbocycles.